The van der Waals surface area contributed by atoms with Gasteiger partial charge in [0.25, 0.3) is 0 Å². The number of aryl methyl sites for hydroxylation is 1. The molecule has 20 heavy (non-hydrogen) atoms. The number of benzene rings is 1. The lowest BCUT2D eigenvalue weighted by Gasteiger charge is -2.11. The first-order chi connectivity index (χ1) is 9.67. The summed E-state index contributed by atoms with van der Waals surface area (Å²) in [6.45, 7) is 1.39. The zero-order valence-corrected chi connectivity index (χ0v) is 12.4. The second kappa shape index (κ2) is 6.96. The Balaban J connectivity index is 1.82. The molecule has 0 aliphatic rings. The van der Waals surface area contributed by atoms with E-state index in [1.807, 2.05) is 43.7 Å². The van der Waals surface area contributed by atoms with E-state index >= 15 is 0 Å². The number of aliphatic imine (C=N–C) groups is 1. The predicted octanol–water partition coefficient (Wildman–Crippen LogP) is 1.94. The van der Waals surface area contributed by atoms with Crippen molar-refractivity contribution < 1.29 is 0 Å². The third-order valence-electron chi connectivity index (χ3n) is 2.82. The maximum atomic E-state index is 5.86. The van der Waals surface area contributed by atoms with Crippen LogP contribution in [0.2, 0.25) is 5.02 Å². The number of guanidine groups is 1. The van der Waals surface area contributed by atoms with Crippen molar-refractivity contribution in [3.8, 4) is 0 Å². The number of nitrogens with one attached hydrogen (secondary N) is 2. The zero-order valence-electron chi connectivity index (χ0n) is 11.6. The summed E-state index contributed by atoms with van der Waals surface area (Å²) in [4.78, 5) is 4.18. The molecule has 1 aromatic heterocycles. The van der Waals surface area contributed by atoms with Gasteiger partial charge in [-0.15, -0.1) is 0 Å². The minimum absolute atomic E-state index is 0.689. The Morgan fingerprint density at radius 2 is 1.85 bits per heavy atom. The van der Waals surface area contributed by atoms with Crippen LogP contribution in [0.5, 0.6) is 0 Å². The molecule has 0 unspecified atom stereocenters. The highest BCUT2D eigenvalue weighted by molar-refractivity contribution is 6.30. The van der Waals surface area contributed by atoms with Gasteiger partial charge in [-0.1, -0.05) is 23.7 Å². The molecule has 0 saturated heterocycles. The van der Waals surface area contributed by atoms with Crippen molar-refractivity contribution in [2.24, 2.45) is 12.0 Å². The van der Waals surface area contributed by atoms with Crippen LogP contribution in [0.25, 0.3) is 0 Å². The maximum Gasteiger partial charge on any atom is 0.191 e. The average Bonchev–Trinajstić information content (AvgIpc) is 2.87. The Bertz CT molecular complexity index is 574. The fourth-order valence-electron chi connectivity index (χ4n) is 1.76. The molecule has 2 rings (SSSR count). The standard InChI is InChI=1S/C14H18ClN5/c1-16-14(18-8-12-9-19-20(2)10-12)17-7-11-3-5-13(15)6-4-11/h3-6,9-10H,7-8H2,1-2H3,(H2,16,17,18). The van der Waals surface area contributed by atoms with Gasteiger partial charge < -0.3 is 10.6 Å². The molecule has 0 radical (unpaired) electrons. The Hall–Kier alpha value is -2.01. The van der Waals surface area contributed by atoms with E-state index in [4.69, 9.17) is 11.6 Å². The third-order valence-corrected chi connectivity index (χ3v) is 3.07. The van der Waals surface area contributed by atoms with Crippen LogP contribution in [0.15, 0.2) is 41.7 Å². The average molecular weight is 292 g/mol. The van der Waals surface area contributed by atoms with E-state index < -0.39 is 0 Å². The molecule has 2 N–H and O–H groups in total. The fraction of sp³-hybridized carbons (Fsp3) is 0.286. The Morgan fingerprint density at radius 3 is 2.40 bits per heavy atom. The molecule has 0 saturated carbocycles. The van der Waals surface area contributed by atoms with Gasteiger partial charge in [-0.05, 0) is 17.7 Å². The SMILES string of the molecule is CN=C(NCc1ccc(Cl)cc1)NCc1cnn(C)c1. The number of hydrogen-bond acceptors (Lipinski definition) is 2. The van der Waals surface area contributed by atoms with Crippen LogP contribution >= 0.6 is 11.6 Å². The Morgan fingerprint density at radius 1 is 1.20 bits per heavy atom. The molecular weight excluding hydrogens is 274 g/mol. The highest BCUT2D eigenvalue weighted by atomic mass is 35.5. The largest absolute Gasteiger partial charge is 0.352 e. The van der Waals surface area contributed by atoms with Gasteiger partial charge in [-0.25, -0.2) is 0 Å². The molecule has 0 atom stereocenters. The van der Waals surface area contributed by atoms with Crippen molar-refractivity contribution >= 4 is 17.6 Å². The topological polar surface area (TPSA) is 54.2 Å². The quantitative estimate of drug-likeness (QED) is 0.669. The monoisotopic (exact) mass is 291 g/mol. The molecule has 2 aromatic rings. The number of rotatable bonds is 4. The molecule has 106 valence electrons. The van der Waals surface area contributed by atoms with Crippen molar-refractivity contribution in [2.45, 2.75) is 13.1 Å². The highest BCUT2D eigenvalue weighted by Crippen LogP contribution is 2.09. The molecule has 6 heteroatoms. The van der Waals surface area contributed by atoms with Crippen LogP contribution < -0.4 is 10.6 Å². The summed E-state index contributed by atoms with van der Waals surface area (Å²) in [7, 11) is 3.65. The first-order valence-electron chi connectivity index (χ1n) is 6.34. The Labute approximate surface area is 123 Å². The van der Waals surface area contributed by atoms with Crippen molar-refractivity contribution in [3.63, 3.8) is 0 Å². The predicted molar refractivity (Wildman–Crippen MR) is 81.7 cm³/mol. The van der Waals surface area contributed by atoms with E-state index in [0.717, 1.165) is 22.1 Å². The lowest BCUT2D eigenvalue weighted by Crippen LogP contribution is -2.36. The number of nitrogens with zero attached hydrogens (tertiary/aromatic N) is 3. The van der Waals surface area contributed by atoms with Crippen molar-refractivity contribution in [1.82, 2.24) is 20.4 Å². The molecule has 1 heterocycles. The van der Waals surface area contributed by atoms with Gasteiger partial charge in [0.2, 0.25) is 0 Å². The van der Waals surface area contributed by atoms with Gasteiger partial charge in [-0.3, -0.25) is 9.67 Å². The van der Waals surface area contributed by atoms with Gasteiger partial charge in [-0.2, -0.15) is 5.10 Å². The van der Waals surface area contributed by atoms with Crippen LogP contribution in [-0.2, 0) is 20.1 Å². The number of aromatic nitrogens is 2. The fourth-order valence-corrected chi connectivity index (χ4v) is 1.88. The maximum absolute atomic E-state index is 5.86. The van der Waals surface area contributed by atoms with Crippen LogP contribution in [0.1, 0.15) is 11.1 Å². The van der Waals surface area contributed by atoms with Crippen molar-refractivity contribution in [2.75, 3.05) is 7.05 Å². The van der Waals surface area contributed by atoms with Crippen molar-refractivity contribution in [1.29, 1.82) is 0 Å². The van der Waals surface area contributed by atoms with Gasteiger partial charge >= 0.3 is 0 Å². The first-order valence-corrected chi connectivity index (χ1v) is 6.71. The summed E-state index contributed by atoms with van der Waals surface area (Å²) in [6, 6.07) is 7.74. The number of hydrogen-bond donors (Lipinski definition) is 2. The highest BCUT2D eigenvalue weighted by Gasteiger charge is 2.00. The van der Waals surface area contributed by atoms with Crippen LogP contribution in [0.4, 0.5) is 0 Å². The lowest BCUT2D eigenvalue weighted by molar-refractivity contribution is 0.765. The molecular formula is C14H18ClN5. The summed E-state index contributed by atoms with van der Waals surface area (Å²) in [5.74, 6) is 0.754. The molecule has 0 bridgehead atoms. The zero-order chi connectivity index (χ0) is 14.4. The van der Waals surface area contributed by atoms with E-state index in [1.54, 1.807) is 11.7 Å². The van der Waals surface area contributed by atoms with Crippen molar-refractivity contribution in [3.05, 3.63) is 52.8 Å². The van der Waals surface area contributed by atoms with Gasteiger partial charge in [0.05, 0.1) is 6.20 Å². The minimum Gasteiger partial charge on any atom is -0.352 e. The molecule has 0 spiro atoms. The summed E-state index contributed by atoms with van der Waals surface area (Å²) < 4.78 is 1.78. The summed E-state index contributed by atoms with van der Waals surface area (Å²) in [5, 5.41) is 11.4. The van der Waals surface area contributed by atoms with E-state index in [0.29, 0.717) is 13.1 Å². The summed E-state index contributed by atoms with van der Waals surface area (Å²) in [6.07, 6.45) is 3.80. The lowest BCUT2D eigenvalue weighted by atomic mass is 10.2. The number of halogens is 1. The van der Waals surface area contributed by atoms with E-state index in [2.05, 4.69) is 20.7 Å². The smallest absolute Gasteiger partial charge is 0.191 e. The van der Waals surface area contributed by atoms with E-state index in [9.17, 15) is 0 Å². The molecule has 0 aliphatic heterocycles. The van der Waals surface area contributed by atoms with E-state index in [-0.39, 0.29) is 0 Å². The van der Waals surface area contributed by atoms with E-state index in [1.165, 1.54) is 0 Å². The molecule has 1 aromatic carbocycles. The molecule has 5 nitrogen and oxygen atoms in total. The van der Waals surface area contributed by atoms with Gasteiger partial charge in [0, 0.05) is 44.0 Å². The molecule has 0 aliphatic carbocycles. The molecule has 0 amide bonds. The van der Waals surface area contributed by atoms with Gasteiger partial charge in [0.1, 0.15) is 0 Å². The summed E-state index contributed by atoms with van der Waals surface area (Å²) in [5.41, 5.74) is 2.26. The minimum atomic E-state index is 0.689. The van der Waals surface area contributed by atoms with Crippen LogP contribution in [0.3, 0.4) is 0 Å². The van der Waals surface area contributed by atoms with Gasteiger partial charge in [0.15, 0.2) is 5.96 Å². The van der Waals surface area contributed by atoms with Crippen LogP contribution in [-0.4, -0.2) is 22.8 Å². The first kappa shape index (κ1) is 14.4. The second-order valence-corrected chi connectivity index (χ2v) is 4.86. The third kappa shape index (κ3) is 4.28. The second-order valence-electron chi connectivity index (χ2n) is 4.43. The summed E-state index contributed by atoms with van der Waals surface area (Å²) >= 11 is 5.86. The Kier molecular flexibility index (Phi) is 5.01. The molecule has 0 fully saturated rings. The normalized spacial score (nSPS) is 11.4. The van der Waals surface area contributed by atoms with Crippen LogP contribution in [0, 0.1) is 0 Å².